The highest BCUT2D eigenvalue weighted by atomic mass is 32.2. The topological polar surface area (TPSA) is 113 Å². The molecule has 174 valence electrons. The molecule has 0 bridgehead atoms. The van der Waals surface area contributed by atoms with Gasteiger partial charge in [0.2, 0.25) is 21.9 Å². The van der Waals surface area contributed by atoms with Crippen LogP contribution >= 0.6 is 0 Å². The average Bonchev–Trinajstić information content (AvgIpc) is 3.29. The van der Waals surface area contributed by atoms with Crippen LogP contribution in [0.2, 0.25) is 0 Å². The second-order valence-electron chi connectivity index (χ2n) is 8.01. The second kappa shape index (κ2) is 9.67. The van der Waals surface area contributed by atoms with Gasteiger partial charge in [0.05, 0.1) is 10.6 Å². The first-order valence-electron chi connectivity index (χ1n) is 10.8. The maximum absolute atomic E-state index is 12.6. The molecule has 0 atom stereocenters. The lowest BCUT2D eigenvalue weighted by Gasteiger charge is -2.34. The number of carbonyl (C=O) groups excluding carboxylic acids is 1. The van der Waals surface area contributed by atoms with Gasteiger partial charge in [-0.2, -0.15) is 4.68 Å². The minimum Gasteiger partial charge on any atom is -0.339 e. The summed E-state index contributed by atoms with van der Waals surface area (Å²) in [6.45, 7) is 5.95. The van der Waals surface area contributed by atoms with Crippen molar-refractivity contribution in [1.29, 1.82) is 0 Å². The van der Waals surface area contributed by atoms with Gasteiger partial charge in [0.15, 0.2) is 0 Å². The minimum atomic E-state index is -3.66. The van der Waals surface area contributed by atoms with Crippen LogP contribution in [0.1, 0.15) is 17.5 Å². The molecule has 1 amide bonds. The molecule has 0 aliphatic carbocycles. The average molecular weight is 470 g/mol. The van der Waals surface area contributed by atoms with Gasteiger partial charge in [-0.15, -0.1) is 0 Å². The number of amides is 1. The minimum absolute atomic E-state index is 0.0565. The molecule has 1 aliphatic heterocycles. The fraction of sp³-hybridized carbons (Fsp3) is 0.364. The van der Waals surface area contributed by atoms with E-state index >= 15 is 0 Å². The summed E-state index contributed by atoms with van der Waals surface area (Å²) in [7, 11) is -3.66. The Balaban J connectivity index is 1.29. The van der Waals surface area contributed by atoms with E-state index in [0.717, 1.165) is 11.3 Å². The molecule has 10 nitrogen and oxygen atoms in total. The first-order valence-corrected chi connectivity index (χ1v) is 12.3. The molecule has 1 aromatic heterocycles. The number of rotatable bonds is 7. The van der Waals surface area contributed by atoms with Gasteiger partial charge in [-0.3, -0.25) is 4.79 Å². The van der Waals surface area contributed by atoms with Gasteiger partial charge in [-0.1, -0.05) is 41.0 Å². The molecular formula is C22H27N7O3S. The Morgan fingerprint density at radius 2 is 1.76 bits per heavy atom. The Morgan fingerprint density at radius 3 is 2.45 bits per heavy atom. The van der Waals surface area contributed by atoms with Gasteiger partial charge in [-0.05, 0) is 48.0 Å². The van der Waals surface area contributed by atoms with E-state index in [-0.39, 0.29) is 23.8 Å². The van der Waals surface area contributed by atoms with Crippen molar-refractivity contribution < 1.29 is 13.2 Å². The number of nitrogens with one attached hydrogen (secondary N) is 1. The number of hydrogen-bond acceptors (Lipinski definition) is 7. The Bertz CT molecular complexity index is 1220. The molecule has 1 aliphatic rings. The fourth-order valence-corrected chi connectivity index (χ4v) is 5.16. The van der Waals surface area contributed by atoms with Crippen molar-refractivity contribution >= 4 is 21.9 Å². The highest BCUT2D eigenvalue weighted by Gasteiger charge is 2.25. The van der Waals surface area contributed by atoms with Crippen molar-refractivity contribution in [3.05, 3.63) is 59.7 Å². The number of piperazine rings is 1. The molecule has 11 heteroatoms. The summed E-state index contributed by atoms with van der Waals surface area (Å²) >= 11 is 0. The van der Waals surface area contributed by atoms with Crippen LogP contribution in [-0.2, 0) is 14.8 Å². The van der Waals surface area contributed by atoms with Crippen molar-refractivity contribution in [2.24, 2.45) is 0 Å². The molecule has 0 spiro atoms. The van der Waals surface area contributed by atoms with Crippen LogP contribution in [0.15, 0.2) is 53.4 Å². The zero-order chi connectivity index (χ0) is 23.4. The standard InChI is InChI=1S/C22H27N7O3S/c1-17-8-9-20(18(2)16-17)33(31,32)23-11-10-21(30)27-12-14-28(15-13-27)22-24-25-26-29(22)19-6-4-3-5-7-19/h3-9,16,23H,10-15H2,1-2H3. The van der Waals surface area contributed by atoms with Crippen LogP contribution < -0.4 is 9.62 Å². The van der Waals surface area contributed by atoms with Gasteiger partial charge in [0.25, 0.3) is 0 Å². The van der Waals surface area contributed by atoms with Gasteiger partial charge in [-0.25, -0.2) is 13.1 Å². The molecular weight excluding hydrogens is 442 g/mol. The van der Waals surface area contributed by atoms with E-state index in [1.54, 1.807) is 28.6 Å². The van der Waals surface area contributed by atoms with E-state index in [1.807, 2.05) is 48.2 Å². The summed E-state index contributed by atoms with van der Waals surface area (Å²) in [5, 5.41) is 12.0. The summed E-state index contributed by atoms with van der Waals surface area (Å²) < 4.78 is 29.4. The SMILES string of the molecule is Cc1ccc(S(=O)(=O)NCCC(=O)N2CCN(c3nnnn3-c3ccccc3)CC2)c(C)c1. The number of benzene rings is 2. The first-order chi connectivity index (χ1) is 15.8. The van der Waals surface area contributed by atoms with Crippen molar-refractivity contribution in [2.45, 2.75) is 25.2 Å². The number of para-hydroxylation sites is 1. The van der Waals surface area contributed by atoms with Gasteiger partial charge >= 0.3 is 0 Å². The molecule has 1 fully saturated rings. The van der Waals surface area contributed by atoms with Crippen molar-refractivity contribution in [1.82, 2.24) is 29.8 Å². The highest BCUT2D eigenvalue weighted by Crippen LogP contribution is 2.18. The van der Waals surface area contributed by atoms with E-state index in [4.69, 9.17) is 0 Å². The summed E-state index contributed by atoms with van der Waals surface area (Å²) in [5.41, 5.74) is 2.55. The maximum atomic E-state index is 12.6. The molecule has 0 unspecified atom stereocenters. The molecule has 1 N–H and O–H groups in total. The predicted octanol–water partition coefficient (Wildman–Crippen LogP) is 1.30. The number of anilines is 1. The number of aromatic nitrogens is 4. The quantitative estimate of drug-likeness (QED) is 0.555. The normalized spacial score (nSPS) is 14.5. The smallest absolute Gasteiger partial charge is 0.250 e. The third kappa shape index (κ3) is 5.20. The number of tetrazole rings is 1. The fourth-order valence-electron chi connectivity index (χ4n) is 3.90. The molecule has 2 heterocycles. The third-order valence-corrected chi connectivity index (χ3v) is 7.24. The van der Waals surface area contributed by atoms with Gasteiger partial charge in [0.1, 0.15) is 0 Å². The molecule has 0 saturated carbocycles. The maximum Gasteiger partial charge on any atom is 0.250 e. The summed E-state index contributed by atoms with van der Waals surface area (Å²) in [6.07, 6.45) is 0.103. The number of sulfonamides is 1. The van der Waals surface area contributed by atoms with E-state index < -0.39 is 10.0 Å². The van der Waals surface area contributed by atoms with Crippen LogP contribution in [0.4, 0.5) is 5.95 Å². The van der Waals surface area contributed by atoms with Crippen LogP contribution in [0.3, 0.4) is 0 Å². The van der Waals surface area contributed by atoms with Crippen LogP contribution in [0, 0.1) is 13.8 Å². The van der Waals surface area contributed by atoms with Crippen LogP contribution in [0.25, 0.3) is 5.69 Å². The summed E-state index contributed by atoms with van der Waals surface area (Å²) in [6, 6.07) is 14.8. The molecule has 0 radical (unpaired) electrons. The van der Waals surface area contributed by atoms with E-state index in [1.165, 1.54) is 0 Å². The monoisotopic (exact) mass is 469 g/mol. The van der Waals surface area contributed by atoms with Crippen LogP contribution in [-0.4, -0.2) is 72.2 Å². The zero-order valence-corrected chi connectivity index (χ0v) is 19.5. The Hall–Kier alpha value is -3.31. The number of carbonyl (C=O) groups is 1. The lowest BCUT2D eigenvalue weighted by atomic mass is 10.2. The van der Waals surface area contributed by atoms with Gasteiger partial charge in [0, 0.05) is 39.1 Å². The van der Waals surface area contributed by atoms with Crippen molar-refractivity contribution in [3.63, 3.8) is 0 Å². The Labute approximate surface area is 193 Å². The Morgan fingerprint density at radius 1 is 1.03 bits per heavy atom. The number of hydrogen-bond donors (Lipinski definition) is 1. The second-order valence-corrected chi connectivity index (χ2v) is 9.75. The van der Waals surface area contributed by atoms with Gasteiger partial charge < -0.3 is 9.80 Å². The van der Waals surface area contributed by atoms with E-state index in [9.17, 15) is 13.2 Å². The molecule has 33 heavy (non-hydrogen) atoms. The zero-order valence-electron chi connectivity index (χ0n) is 18.7. The molecule has 1 saturated heterocycles. The van der Waals surface area contributed by atoms with E-state index in [2.05, 4.69) is 20.2 Å². The van der Waals surface area contributed by atoms with Crippen molar-refractivity contribution in [2.75, 3.05) is 37.6 Å². The summed E-state index contributed by atoms with van der Waals surface area (Å²) in [4.78, 5) is 16.7. The van der Waals surface area contributed by atoms with Crippen molar-refractivity contribution in [3.8, 4) is 5.69 Å². The molecule has 2 aromatic carbocycles. The lowest BCUT2D eigenvalue weighted by molar-refractivity contribution is -0.131. The number of aryl methyl sites for hydroxylation is 2. The predicted molar refractivity (Wildman–Crippen MR) is 124 cm³/mol. The highest BCUT2D eigenvalue weighted by molar-refractivity contribution is 7.89. The first kappa shape index (κ1) is 22.9. The molecule has 4 rings (SSSR count). The Kier molecular flexibility index (Phi) is 6.70. The summed E-state index contributed by atoms with van der Waals surface area (Å²) in [5.74, 6) is 0.551. The largest absolute Gasteiger partial charge is 0.339 e. The van der Waals surface area contributed by atoms with Crippen LogP contribution in [0.5, 0.6) is 0 Å². The number of nitrogens with zero attached hydrogens (tertiary/aromatic N) is 6. The lowest BCUT2D eigenvalue weighted by Crippen LogP contribution is -2.50. The van der Waals surface area contributed by atoms with E-state index in [0.29, 0.717) is 37.7 Å². The molecule has 3 aromatic rings. The third-order valence-electron chi connectivity index (χ3n) is 5.62.